The molecule has 3 aromatic rings. The zero-order valence-electron chi connectivity index (χ0n) is 12.3. The molecule has 0 unspecified atom stereocenters. The standard InChI is InChI=1S/C17H13NO4S/c1-21-12-6-8-13(9-7-12)22-17-11-23-10-15(17)14-4-2-3-5-16(14)18(19)20/h2-11H,1H3. The molecule has 23 heavy (non-hydrogen) atoms. The van der Waals surface area contributed by atoms with E-state index in [-0.39, 0.29) is 10.6 Å². The number of benzene rings is 2. The Morgan fingerprint density at radius 3 is 2.35 bits per heavy atom. The minimum Gasteiger partial charge on any atom is -0.497 e. The van der Waals surface area contributed by atoms with E-state index in [0.29, 0.717) is 22.6 Å². The molecule has 0 bridgehead atoms. The SMILES string of the molecule is COc1ccc(Oc2cscc2-c2ccccc2[N+](=O)[O-])cc1. The van der Waals surface area contributed by atoms with Crippen LogP contribution in [0.4, 0.5) is 5.69 Å². The van der Waals surface area contributed by atoms with Crippen LogP contribution < -0.4 is 9.47 Å². The van der Waals surface area contributed by atoms with Crippen LogP contribution in [-0.4, -0.2) is 12.0 Å². The molecule has 0 radical (unpaired) electrons. The van der Waals surface area contributed by atoms with Gasteiger partial charge < -0.3 is 9.47 Å². The maximum Gasteiger partial charge on any atom is 0.277 e. The van der Waals surface area contributed by atoms with E-state index in [4.69, 9.17) is 9.47 Å². The van der Waals surface area contributed by atoms with Crippen LogP contribution in [0.2, 0.25) is 0 Å². The second-order valence-electron chi connectivity index (χ2n) is 4.70. The molecule has 3 rings (SSSR count). The number of thiophene rings is 1. The number of methoxy groups -OCH3 is 1. The van der Waals surface area contributed by atoms with Gasteiger partial charge in [0, 0.05) is 22.4 Å². The fourth-order valence-electron chi connectivity index (χ4n) is 2.19. The van der Waals surface area contributed by atoms with Gasteiger partial charge in [-0.15, -0.1) is 11.3 Å². The molecule has 6 heteroatoms. The van der Waals surface area contributed by atoms with Gasteiger partial charge in [-0.2, -0.15) is 0 Å². The summed E-state index contributed by atoms with van der Waals surface area (Å²) in [6.07, 6.45) is 0. The molecule has 0 fully saturated rings. The van der Waals surface area contributed by atoms with Crippen LogP contribution in [0.5, 0.6) is 17.2 Å². The Balaban J connectivity index is 1.95. The second kappa shape index (κ2) is 6.50. The highest BCUT2D eigenvalue weighted by Gasteiger charge is 2.18. The van der Waals surface area contributed by atoms with Crippen molar-refractivity contribution in [2.45, 2.75) is 0 Å². The average molecular weight is 327 g/mol. The van der Waals surface area contributed by atoms with Crippen LogP contribution in [-0.2, 0) is 0 Å². The maximum absolute atomic E-state index is 11.2. The van der Waals surface area contributed by atoms with Gasteiger partial charge in [-0.25, -0.2) is 0 Å². The molecule has 0 aliphatic carbocycles. The Hall–Kier alpha value is -2.86. The van der Waals surface area contributed by atoms with E-state index in [1.54, 1.807) is 49.6 Å². The summed E-state index contributed by atoms with van der Waals surface area (Å²) in [6, 6.07) is 13.8. The summed E-state index contributed by atoms with van der Waals surface area (Å²) in [7, 11) is 1.60. The molecular formula is C17H13NO4S. The minimum atomic E-state index is -0.385. The topological polar surface area (TPSA) is 61.6 Å². The summed E-state index contributed by atoms with van der Waals surface area (Å²) in [4.78, 5) is 10.8. The van der Waals surface area contributed by atoms with Crippen molar-refractivity contribution in [3.05, 3.63) is 69.4 Å². The molecule has 116 valence electrons. The van der Waals surface area contributed by atoms with Gasteiger partial charge in [0.15, 0.2) is 0 Å². The lowest BCUT2D eigenvalue weighted by molar-refractivity contribution is -0.384. The van der Waals surface area contributed by atoms with Crippen molar-refractivity contribution >= 4 is 17.0 Å². The number of rotatable bonds is 5. The molecule has 2 aromatic carbocycles. The quantitative estimate of drug-likeness (QED) is 0.482. The zero-order chi connectivity index (χ0) is 16.2. The number of hydrogen-bond acceptors (Lipinski definition) is 5. The second-order valence-corrected chi connectivity index (χ2v) is 5.45. The normalized spacial score (nSPS) is 10.3. The van der Waals surface area contributed by atoms with E-state index in [1.165, 1.54) is 17.4 Å². The van der Waals surface area contributed by atoms with Gasteiger partial charge in [-0.3, -0.25) is 10.1 Å². The summed E-state index contributed by atoms with van der Waals surface area (Å²) in [5.74, 6) is 1.97. The molecule has 0 saturated heterocycles. The zero-order valence-corrected chi connectivity index (χ0v) is 13.1. The third kappa shape index (κ3) is 3.17. The highest BCUT2D eigenvalue weighted by Crippen LogP contribution is 2.40. The Morgan fingerprint density at radius 2 is 1.65 bits per heavy atom. The van der Waals surface area contributed by atoms with E-state index in [1.807, 2.05) is 10.8 Å². The highest BCUT2D eigenvalue weighted by atomic mass is 32.1. The van der Waals surface area contributed by atoms with Crippen LogP contribution in [0.3, 0.4) is 0 Å². The molecule has 1 heterocycles. The molecular weight excluding hydrogens is 314 g/mol. The summed E-state index contributed by atoms with van der Waals surface area (Å²) < 4.78 is 11.0. The van der Waals surface area contributed by atoms with Crippen molar-refractivity contribution in [2.24, 2.45) is 0 Å². The molecule has 5 nitrogen and oxygen atoms in total. The van der Waals surface area contributed by atoms with Crippen molar-refractivity contribution < 1.29 is 14.4 Å². The number of ether oxygens (including phenoxy) is 2. The van der Waals surface area contributed by atoms with Crippen LogP contribution in [0, 0.1) is 10.1 Å². The van der Waals surface area contributed by atoms with Crippen LogP contribution >= 0.6 is 11.3 Å². The Bertz CT molecular complexity index is 827. The van der Waals surface area contributed by atoms with E-state index < -0.39 is 0 Å². The lowest BCUT2D eigenvalue weighted by Gasteiger charge is -2.08. The van der Waals surface area contributed by atoms with Crippen LogP contribution in [0.25, 0.3) is 11.1 Å². The predicted octanol–water partition coefficient (Wildman–Crippen LogP) is 5.12. The number of nitro benzene ring substituents is 1. The average Bonchev–Trinajstić information content (AvgIpc) is 3.03. The fourth-order valence-corrected chi connectivity index (χ4v) is 2.94. The first-order chi connectivity index (χ1) is 11.2. The fraction of sp³-hybridized carbons (Fsp3) is 0.0588. The molecule has 0 aliphatic rings. The molecule has 0 N–H and O–H groups in total. The summed E-state index contributed by atoms with van der Waals surface area (Å²) in [5, 5.41) is 14.9. The first kappa shape index (κ1) is 15.1. The van der Waals surface area contributed by atoms with Crippen molar-refractivity contribution in [1.29, 1.82) is 0 Å². The van der Waals surface area contributed by atoms with Crippen molar-refractivity contribution in [1.82, 2.24) is 0 Å². The van der Waals surface area contributed by atoms with E-state index in [2.05, 4.69) is 0 Å². The van der Waals surface area contributed by atoms with Gasteiger partial charge in [0.2, 0.25) is 0 Å². The first-order valence-corrected chi connectivity index (χ1v) is 7.75. The predicted molar refractivity (Wildman–Crippen MR) is 89.5 cm³/mol. The molecule has 0 saturated carbocycles. The molecule has 1 aromatic heterocycles. The van der Waals surface area contributed by atoms with Gasteiger partial charge in [0.25, 0.3) is 5.69 Å². The molecule has 0 amide bonds. The molecule has 0 spiro atoms. The first-order valence-electron chi connectivity index (χ1n) is 6.81. The maximum atomic E-state index is 11.2. The van der Waals surface area contributed by atoms with E-state index in [9.17, 15) is 10.1 Å². The number of nitro groups is 1. The molecule has 0 aliphatic heterocycles. The van der Waals surface area contributed by atoms with Crippen molar-refractivity contribution in [3.63, 3.8) is 0 Å². The lowest BCUT2D eigenvalue weighted by Crippen LogP contribution is -1.92. The van der Waals surface area contributed by atoms with Gasteiger partial charge in [-0.1, -0.05) is 12.1 Å². The Kier molecular flexibility index (Phi) is 4.25. The van der Waals surface area contributed by atoms with Crippen molar-refractivity contribution in [3.8, 4) is 28.4 Å². The summed E-state index contributed by atoms with van der Waals surface area (Å²) >= 11 is 1.44. The van der Waals surface area contributed by atoms with Crippen LogP contribution in [0.1, 0.15) is 0 Å². The van der Waals surface area contributed by atoms with Crippen molar-refractivity contribution in [2.75, 3.05) is 7.11 Å². The van der Waals surface area contributed by atoms with Gasteiger partial charge in [0.1, 0.15) is 17.2 Å². The van der Waals surface area contributed by atoms with E-state index in [0.717, 1.165) is 5.75 Å². The largest absolute Gasteiger partial charge is 0.497 e. The number of para-hydroxylation sites is 1. The highest BCUT2D eigenvalue weighted by molar-refractivity contribution is 7.08. The number of hydrogen-bond donors (Lipinski definition) is 0. The monoisotopic (exact) mass is 327 g/mol. The van der Waals surface area contributed by atoms with Crippen LogP contribution in [0.15, 0.2) is 59.3 Å². The minimum absolute atomic E-state index is 0.0606. The smallest absolute Gasteiger partial charge is 0.277 e. The molecule has 0 atom stereocenters. The Morgan fingerprint density at radius 1 is 0.957 bits per heavy atom. The number of nitrogens with zero attached hydrogens (tertiary/aromatic N) is 1. The van der Waals surface area contributed by atoms with Gasteiger partial charge in [-0.05, 0) is 30.3 Å². The lowest BCUT2D eigenvalue weighted by atomic mass is 10.1. The summed E-state index contributed by atoms with van der Waals surface area (Å²) in [5.41, 5.74) is 1.31. The van der Waals surface area contributed by atoms with Gasteiger partial charge in [0.05, 0.1) is 17.6 Å². The summed E-state index contributed by atoms with van der Waals surface area (Å²) in [6.45, 7) is 0. The Labute approximate surface area is 136 Å². The third-order valence-corrected chi connectivity index (χ3v) is 4.03. The van der Waals surface area contributed by atoms with Gasteiger partial charge >= 0.3 is 0 Å². The third-order valence-electron chi connectivity index (χ3n) is 3.30. The van der Waals surface area contributed by atoms with E-state index >= 15 is 0 Å².